The van der Waals surface area contributed by atoms with Crippen molar-refractivity contribution in [3.8, 4) is 0 Å². The second-order valence-electron chi connectivity index (χ2n) is 3.71. The van der Waals surface area contributed by atoms with E-state index in [0.29, 0.717) is 10.9 Å². The van der Waals surface area contributed by atoms with Gasteiger partial charge in [-0.15, -0.1) is 0 Å². The number of non-ortho nitro benzene ring substituents is 1. The molecular formula is C12H13N3O2. The number of nitrogens with zero attached hydrogens (tertiary/aromatic N) is 2. The van der Waals surface area contributed by atoms with Crippen LogP contribution in [0, 0.1) is 10.1 Å². The fourth-order valence-corrected chi connectivity index (χ4v) is 1.75. The van der Waals surface area contributed by atoms with E-state index < -0.39 is 0 Å². The maximum absolute atomic E-state index is 11.0. The van der Waals surface area contributed by atoms with Crippen molar-refractivity contribution in [2.45, 2.75) is 13.3 Å². The van der Waals surface area contributed by atoms with Crippen molar-refractivity contribution in [2.24, 2.45) is 0 Å². The topological polar surface area (TPSA) is 68.1 Å². The Morgan fingerprint density at radius 2 is 2.24 bits per heavy atom. The lowest BCUT2D eigenvalue weighted by molar-refractivity contribution is -0.383. The van der Waals surface area contributed by atoms with Crippen LogP contribution in [0.4, 0.5) is 11.4 Å². The molecule has 0 aliphatic carbocycles. The highest BCUT2D eigenvalue weighted by Crippen LogP contribution is 2.30. The lowest BCUT2D eigenvalue weighted by Gasteiger charge is -2.08. The number of nitrogens with one attached hydrogen (secondary N) is 1. The molecule has 0 aliphatic rings. The molecule has 2 aromatic rings. The van der Waals surface area contributed by atoms with Crippen LogP contribution < -0.4 is 5.32 Å². The van der Waals surface area contributed by atoms with E-state index in [-0.39, 0.29) is 10.6 Å². The molecule has 0 bridgehead atoms. The summed E-state index contributed by atoms with van der Waals surface area (Å²) in [5.41, 5.74) is 1.50. The Kier molecular flexibility index (Phi) is 3.18. The van der Waals surface area contributed by atoms with Gasteiger partial charge in [-0.05, 0) is 18.6 Å². The molecule has 0 radical (unpaired) electrons. The number of anilines is 1. The lowest BCUT2D eigenvalue weighted by atomic mass is 10.1. The molecule has 2 rings (SSSR count). The maximum atomic E-state index is 11.0. The fraction of sp³-hybridized carbons (Fsp3) is 0.250. The third-order valence-corrected chi connectivity index (χ3v) is 2.51. The molecule has 1 N–H and O–H groups in total. The molecule has 0 fully saturated rings. The zero-order valence-corrected chi connectivity index (χ0v) is 9.51. The first-order valence-electron chi connectivity index (χ1n) is 5.50. The molecule has 0 spiro atoms. The van der Waals surface area contributed by atoms with Gasteiger partial charge < -0.3 is 5.32 Å². The second-order valence-corrected chi connectivity index (χ2v) is 3.71. The van der Waals surface area contributed by atoms with Crippen LogP contribution in [-0.4, -0.2) is 16.5 Å². The lowest BCUT2D eigenvalue weighted by Crippen LogP contribution is -2.02. The number of fused-ring (bicyclic) bond motifs is 1. The van der Waals surface area contributed by atoms with Gasteiger partial charge in [0.2, 0.25) is 0 Å². The first-order valence-corrected chi connectivity index (χ1v) is 5.50. The highest BCUT2D eigenvalue weighted by Gasteiger charge is 2.15. The summed E-state index contributed by atoms with van der Waals surface area (Å²) in [6.07, 6.45) is 2.62. The van der Waals surface area contributed by atoms with Crippen LogP contribution in [0.25, 0.3) is 10.9 Å². The summed E-state index contributed by atoms with van der Waals surface area (Å²) in [4.78, 5) is 14.8. The molecule has 5 nitrogen and oxygen atoms in total. The number of benzene rings is 1. The second kappa shape index (κ2) is 4.78. The molecule has 1 aromatic carbocycles. The molecule has 1 heterocycles. The smallest absolute Gasteiger partial charge is 0.280 e. The largest absolute Gasteiger partial charge is 0.384 e. The highest BCUT2D eigenvalue weighted by atomic mass is 16.6. The van der Waals surface area contributed by atoms with E-state index in [2.05, 4.69) is 10.3 Å². The zero-order valence-electron chi connectivity index (χ0n) is 9.51. The van der Waals surface area contributed by atoms with Crippen molar-refractivity contribution >= 4 is 22.3 Å². The van der Waals surface area contributed by atoms with E-state index in [9.17, 15) is 10.1 Å². The van der Waals surface area contributed by atoms with Gasteiger partial charge in [-0.2, -0.15) is 0 Å². The number of hydrogen-bond donors (Lipinski definition) is 1. The molecule has 0 atom stereocenters. The summed E-state index contributed by atoms with van der Waals surface area (Å²) in [6, 6.07) is 6.70. The predicted octanol–water partition coefficient (Wildman–Crippen LogP) is 2.96. The molecular weight excluding hydrogens is 218 g/mol. The predicted molar refractivity (Wildman–Crippen MR) is 67.2 cm³/mol. The standard InChI is InChI=1S/C12H13N3O2/c1-2-7-13-10-6-8-14-9-4-3-5-11(12(9)10)15(16)17/h3-6,8H,2,7H2,1H3,(H,13,14). The quantitative estimate of drug-likeness (QED) is 0.648. The van der Waals surface area contributed by atoms with E-state index in [1.807, 2.05) is 6.92 Å². The number of rotatable bonds is 4. The van der Waals surface area contributed by atoms with E-state index in [1.54, 1.807) is 24.4 Å². The first-order chi connectivity index (χ1) is 8.24. The Morgan fingerprint density at radius 3 is 2.94 bits per heavy atom. The molecule has 5 heteroatoms. The number of hydrogen-bond acceptors (Lipinski definition) is 4. The molecule has 0 aliphatic heterocycles. The van der Waals surface area contributed by atoms with Crippen LogP contribution in [0.5, 0.6) is 0 Å². The van der Waals surface area contributed by atoms with Crippen molar-refractivity contribution in [3.63, 3.8) is 0 Å². The number of nitro groups is 1. The van der Waals surface area contributed by atoms with Gasteiger partial charge in [0, 0.05) is 18.8 Å². The molecule has 0 amide bonds. The number of aromatic nitrogens is 1. The van der Waals surface area contributed by atoms with Gasteiger partial charge in [0.1, 0.15) is 5.39 Å². The Labute approximate surface area is 98.6 Å². The van der Waals surface area contributed by atoms with Gasteiger partial charge in [0.05, 0.1) is 16.1 Å². The molecule has 1 aromatic heterocycles. The van der Waals surface area contributed by atoms with Crippen LogP contribution in [0.2, 0.25) is 0 Å². The van der Waals surface area contributed by atoms with Crippen molar-refractivity contribution < 1.29 is 4.92 Å². The maximum Gasteiger partial charge on any atom is 0.280 e. The Morgan fingerprint density at radius 1 is 1.41 bits per heavy atom. The van der Waals surface area contributed by atoms with Gasteiger partial charge >= 0.3 is 0 Å². The summed E-state index contributed by atoms with van der Waals surface area (Å²) >= 11 is 0. The van der Waals surface area contributed by atoms with E-state index in [4.69, 9.17) is 0 Å². The fourth-order valence-electron chi connectivity index (χ4n) is 1.75. The van der Waals surface area contributed by atoms with Crippen LogP contribution >= 0.6 is 0 Å². The zero-order chi connectivity index (χ0) is 12.3. The van der Waals surface area contributed by atoms with Crippen molar-refractivity contribution in [1.29, 1.82) is 0 Å². The van der Waals surface area contributed by atoms with E-state index in [1.165, 1.54) is 6.07 Å². The van der Waals surface area contributed by atoms with E-state index >= 15 is 0 Å². The summed E-state index contributed by atoms with van der Waals surface area (Å²) < 4.78 is 0. The minimum Gasteiger partial charge on any atom is -0.384 e. The average Bonchev–Trinajstić information content (AvgIpc) is 2.35. The first kappa shape index (κ1) is 11.3. The van der Waals surface area contributed by atoms with Crippen LogP contribution in [0.15, 0.2) is 30.5 Å². The summed E-state index contributed by atoms with van der Waals surface area (Å²) in [5.74, 6) is 0. The minimum atomic E-state index is -0.374. The monoisotopic (exact) mass is 231 g/mol. The SMILES string of the molecule is CCCNc1ccnc2cccc([N+](=O)[O-])c12. The Hall–Kier alpha value is -2.17. The Bertz CT molecular complexity index is 549. The summed E-state index contributed by atoms with van der Waals surface area (Å²) in [6.45, 7) is 2.83. The molecule has 88 valence electrons. The van der Waals surface area contributed by atoms with Gasteiger partial charge in [-0.1, -0.05) is 13.0 Å². The summed E-state index contributed by atoms with van der Waals surface area (Å²) in [5, 5.41) is 14.8. The number of pyridine rings is 1. The van der Waals surface area contributed by atoms with Crippen LogP contribution in [0.1, 0.15) is 13.3 Å². The minimum absolute atomic E-state index is 0.0919. The van der Waals surface area contributed by atoms with Crippen molar-refractivity contribution in [2.75, 3.05) is 11.9 Å². The van der Waals surface area contributed by atoms with Crippen molar-refractivity contribution in [3.05, 3.63) is 40.6 Å². The van der Waals surface area contributed by atoms with Crippen LogP contribution in [-0.2, 0) is 0 Å². The number of nitro benzene ring substituents is 1. The molecule has 0 saturated carbocycles. The molecule has 17 heavy (non-hydrogen) atoms. The Balaban J connectivity index is 2.62. The average molecular weight is 231 g/mol. The normalized spacial score (nSPS) is 10.4. The van der Waals surface area contributed by atoms with Gasteiger partial charge in [0.15, 0.2) is 0 Å². The van der Waals surface area contributed by atoms with E-state index in [0.717, 1.165) is 18.7 Å². The van der Waals surface area contributed by atoms with Gasteiger partial charge in [-0.25, -0.2) is 0 Å². The highest BCUT2D eigenvalue weighted by molar-refractivity contribution is 5.98. The third-order valence-electron chi connectivity index (χ3n) is 2.51. The van der Waals surface area contributed by atoms with Crippen molar-refractivity contribution in [1.82, 2.24) is 4.98 Å². The molecule has 0 saturated heterocycles. The van der Waals surface area contributed by atoms with Gasteiger partial charge in [-0.3, -0.25) is 15.1 Å². The third kappa shape index (κ3) is 2.18. The molecule has 0 unspecified atom stereocenters. The summed E-state index contributed by atoms with van der Waals surface area (Å²) in [7, 11) is 0. The van der Waals surface area contributed by atoms with Crippen LogP contribution in [0.3, 0.4) is 0 Å². The van der Waals surface area contributed by atoms with Gasteiger partial charge in [0.25, 0.3) is 5.69 Å².